The van der Waals surface area contributed by atoms with Crippen LogP contribution in [0.1, 0.15) is 5.56 Å². The average molecular weight is 180 g/mol. The second-order valence-corrected chi connectivity index (χ2v) is 4.41. The molecule has 0 aliphatic carbocycles. The highest BCUT2D eigenvalue weighted by molar-refractivity contribution is 8.06. The van der Waals surface area contributed by atoms with Crippen LogP contribution in [0.2, 0.25) is 0 Å². The fraction of sp³-hybridized carbons (Fsp3) is 0.400. The quantitative estimate of drug-likeness (QED) is 0.661. The van der Waals surface area contributed by atoms with Crippen molar-refractivity contribution in [3.05, 3.63) is 29.8 Å². The topological polar surface area (TPSA) is 9.23 Å². The summed E-state index contributed by atoms with van der Waals surface area (Å²) in [4.78, 5) is 0. The van der Waals surface area contributed by atoms with E-state index in [1.165, 1.54) is 11.3 Å². The number of hydrogen-bond donors (Lipinski definition) is 0. The maximum Gasteiger partial charge on any atom is 0.119 e. The van der Waals surface area contributed by atoms with Crippen LogP contribution in [0.3, 0.4) is 0 Å². The van der Waals surface area contributed by atoms with Crippen LogP contribution in [0.15, 0.2) is 24.3 Å². The molecule has 1 heterocycles. The number of hydrogen-bond acceptors (Lipinski definition) is 2. The third kappa shape index (κ3) is 2.18. The Labute approximate surface area is 77.1 Å². The van der Waals surface area contributed by atoms with Crippen molar-refractivity contribution in [1.82, 2.24) is 0 Å². The molecule has 12 heavy (non-hydrogen) atoms. The molecule has 2 heteroatoms. The van der Waals surface area contributed by atoms with E-state index >= 15 is 0 Å². The molecule has 0 aromatic heterocycles. The molecule has 0 saturated carbocycles. The van der Waals surface area contributed by atoms with E-state index in [4.69, 9.17) is 4.74 Å². The van der Waals surface area contributed by atoms with E-state index < -0.39 is 0 Å². The van der Waals surface area contributed by atoms with Crippen LogP contribution >= 0.6 is 11.8 Å². The van der Waals surface area contributed by atoms with Crippen molar-refractivity contribution in [1.29, 1.82) is 0 Å². The summed E-state index contributed by atoms with van der Waals surface area (Å²) in [7, 11) is 0. The molecule has 64 valence electrons. The molecule has 0 unspecified atom stereocenters. The Morgan fingerprint density at radius 2 is 2.08 bits per heavy atom. The number of ether oxygens (including phenoxy) is 1. The monoisotopic (exact) mass is 180 g/mol. The predicted molar refractivity (Wildman–Crippen MR) is 52.9 cm³/mol. The first-order valence-corrected chi connectivity index (χ1v) is 5.20. The van der Waals surface area contributed by atoms with E-state index in [1.54, 1.807) is 0 Å². The molecule has 1 aromatic rings. The van der Waals surface area contributed by atoms with Gasteiger partial charge in [-0.3, -0.25) is 0 Å². The maximum atomic E-state index is 5.56. The highest BCUT2D eigenvalue weighted by atomic mass is 32.2. The van der Waals surface area contributed by atoms with Crippen molar-refractivity contribution in [3.63, 3.8) is 0 Å². The molecule has 1 aliphatic heterocycles. The molecule has 1 atom stereocenters. The molecule has 1 aliphatic rings. The van der Waals surface area contributed by atoms with Crippen molar-refractivity contribution in [2.24, 2.45) is 0 Å². The SMILES string of the molecule is Cc1ccc(OC[C@H]2CS2)cc1. The number of benzene rings is 1. The van der Waals surface area contributed by atoms with Crippen LogP contribution in [0, 0.1) is 6.92 Å². The zero-order valence-corrected chi connectivity index (χ0v) is 7.93. The van der Waals surface area contributed by atoms with Crippen molar-refractivity contribution >= 4 is 11.8 Å². The summed E-state index contributed by atoms with van der Waals surface area (Å²) < 4.78 is 5.56. The summed E-state index contributed by atoms with van der Waals surface area (Å²) in [5.41, 5.74) is 1.28. The van der Waals surface area contributed by atoms with Gasteiger partial charge in [0.05, 0.1) is 0 Å². The van der Waals surface area contributed by atoms with Gasteiger partial charge in [-0.25, -0.2) is 0 Å². The lowest BCUT2D eigenvalue weighted by molar-refractivity contribution is 0.330. The summed E-state index contributed by atoms with van der Waals surface area (Å²) in [5, 5.41) is 0.756. The van der Waals surface area contributed by atoms with Crippen LogP contribution in [0.5, 0.6) is 5.75 Å². The largest absolute Gasteiger partial charge is 0.492 e. The molecule has 0 bridgehead atoms. The van der Waals surface area contributed by atoms with Gasteiger partial charge >= 0.3 is 0 Å². The van der Waals surface area contributed by atoms with Crippen molar-refractivity contribution in [3.8, 4) is 5.75 Å². The van der Waals surface area contributed by atoms with E-state index in [9.17, 15) is 0 Å². The Morgan fingerprint density at radius 1 is 1.42 bits per heavy atom. The minimum absolute atomic E-state index is 0.756. The fourth-order valence-electron chi connectivity index (χ4n) is 0.988. The van der Waals surface area contributed by atoms with Gasteiger partial charge in [-0.05, 0) is 19.1 Å². The van der Waals surface area contributed by atoms with Gasteiger partial charge in [0.15, 0.2) is 0 Å². The highest BCUT2D eigenvalue weighted by Gasteiger charge is 2.22. The molecule has 1 nitrogen and oxygen atoms in total. The van der Waals surface area contributed by atoms with Crippen LogP contribution in [-0.4, -0.2) is 17.6 Å². The minimum atomic E-state index is 0.756. The van der Waals surface area contributed by atoms with Crippen molar-refractivity contribution in [2.75, 3.05) is 12.4 Å². The second-order valence-electron chi connectivity index (χ2n) is 3.08. The molecule has 0 spiro atoms. The van der Waals surface area contributed by atoms with Gasteiger partial charge in [-0.2, -0.15) is 11.8 Å². The fourth-order valence-corrected chi connectivity index (χ4v) is 1.38. The third-order valence-corrected chi connectivity index (χ3v) is 2.80. The minimum Gasteiger partial charge on any atom is -0.492 e. The summed E-state index contributed by atoms with van der Waals surface area (Å²) in [5.74, 6) is 2.26. The van der Waals surface area contributed by atoms with E-state index in [0.29, 0.717) is 0 Å². The summed E-state index contributed by atoms with van der Waals surface area (Å²) in [6, 6.07) is 8.22. The summed E-state index contributed by atoms with van der Waals surface area (Å²) >= 11 is 1.97. The third-order valence-electron chi connectivity index (χ3n) is 1.86. The molecule has 0 radical (unpaired) electrons. The van der Waals surface area contributed by atoms with E-state index in [0.717, 1.165) is 17.6 Å². The molecule has 0 N–H and O–H groups in total. The lowest BCUT2D eigenvalue weighted by Crippen LogP contribution is -2.02. The van der Waals surface area contributed by atoms with Gasteiger partial charge in [0.2, 0.25) is 0 Å². The Kier molecular flexibility index (Phi) is 2.26. The number of rotatable bonds is 3. The van der Waals surface area contributed by atoms with Crippen LogP contribution in [-0.2, 0) is 0 Å². The Balaban J connectivity index is 1.89. The first kappa shape index (κ1) is 7.99. The van der Waals surface area contributed by atoms with Crippen LogP contribution < -0.4 is 4.74 Å². The van der Waals surface area contributed by atoms with Crippen molar-refractivity contribution in [2.45, 2.75) is 12.2 Å². The zero-order chi connectivity index (χ0) is 8.39. The molecular formula is C10H12OS. The van der Waals surface area contributed by atoms with E-state index in [1.807, 2.05) is 23.9 Å². The smallest absolute Gasteiger partial charge is 0.119 e. The number of thioether (sulfide) groups is 1. The standard InChI is InChI=1S/C10H12OS/c1-8-2-4-9(5-3-8)11-6-10-7-12-10/h2-5,10H,6-7H2,1H3/t10-/m0/s1. The zero-order valence-electron chi connectivity index (χ0n) is 7.12. The lowest BCUT2D eigenvalue weighted by Gasteiger charge is -2.03. The average Bonchev–Trinajstić information content (AvgIpc) is 2.87. The molecule has 1 fully saturated rings. The van der Waals surface area contributed by atoms with E-state index in [2.05, 4.69) is 19.1 Å². The lowest BCUT2D eigenvalue weighted by atomic mass is 10.2. The first-order valence-electron chi connectivity index (χ1n) is 4.16. The maximum absolute atomic E-state index is 5.56. The van der Waals surface area contributed by atoms with Gasteiger partial charge in [0.25, 0.3) is 0 Å². The molecular weight excluding hydrogens is 168 g/mol. The molecule has 0 amide bonds. The molecule has 1 aromatic carbocycles. The first-order chi connectivity index (χ1) is 5.84. The predicted octanol–water partition coefficient (Wildman–Crippen LogP) is 2.49. The number of aryl methyl sites for hydroxylation is 1. The van der Waals surface area contributed by atoms with Gasteiger partial charge in [-0.15, -0.1) is 0 Å². The van der Waals surface area contributed by atoms with Crippen molar-refractivity contribution < 1.29 is 4.74 Å². The van der Waals surface area contributed by atoms with E-state index in [-0.39, 0.29) is 0 Å². The normalized spacial score (nSPS) is 20.6. The van der Waals surface area contributed by atoms with Crippen LogP contribution in [0.25, 0.3) is 0 Å². The van der Waals surface area contributed by atoms with Gasteiger partial charge in [0.1, 0.15) is 12.4 Å². The van der Waals surface area contributed by atoms with Gasteiger partial charge in [0, 0.05) is 11.0 Å². The second kappa shape index (κ2) is 3.40. The van der Waals surface area contributed by atoms with Crippen LogP contribution in [0.4, 0.5) is 0 Å². The van der Waals surface area contributed by atoms with Gasteiger partial charge < -0.3 is 4.74 Å². The Morgan fingerprint density at radius 3 is 2.67 bits per heavy atom. The molecule has 1 saturated heterocycles. The highest BCUT2D eigenvalue weighted by Crippen LogP contribution is 2.30. The Bertz CT molecular complexity index is 251. The summed E-state index contributed by atoms with van der Waals surface area (Å²) in [6.45, 7) is 2.95. The van der Waals surface area contributed by atoms with Gasteiger partial charge in [-0.1, -0.05) is 17.7 Å². The Hall–Kier alpha value is -0.630. The summed E-state index contributed by atoms with van der Waals surface area (Å²) in [6.07, 6.45) is 0. The molecule has 2 rings (SSSR count).